The Bertz CT molecular complexity index is 349. The van der Waals surface area contributed by atoms with Gasteiger partial charge in [-0.1, -0.05) is 13.8 Å². The summed E-state index contributed by atoms with van der Waals surface area (Å²) in [7, 11) is 0. The van der Waals surface area contributed by atoms with Gasteiger partial charge in [0.05, 0.1) is 6.54 Å². The van der Waals surface area contributed by atoms with Crippen LogP contribution in [0.1, 0.15) is 26.7 Å². The zero-order chi connectivity index (χ0) is 11.3. The molecule has 1 aromatic rings. The predicted octanol–water partition coefficient (Wildman–Crippen LogP) is 1.98. The smallest absolute Gasteiger partial charge is 0.266 e. The lowest BCUT2D eigenvalue weighted by molar-refractivity contribution is 0.241. The lowest BCUT2D eigenvalue weighted by Crippen LogP contribution is -2.34. The first-order chi connectivity index (χ1) is 7.17. The molecule has 0 atom stereocenters. The van der Waals surface area contributed by atoms with Crippen LogP contribution in [0, 0.1) is 5.41 Å². The van der Waals surface area contributed by atoms with Crippen LogP contribution in [0.5, 0.6) is 0 Å². The number of nitrogens with zero attached hydrogens (tertiary/aromatic N) is 2. The van der Waals surface area contributed by atoms with Crippen LogP contribution < -0.4 is 5.56 Å². The van der Waals surface area contributed by atoms with E-state index in [4.69, 9.17) is 0 Å². The Kier molecular flexibility index (Phi) is 4.39. The van der Waals surface area contributed by atoms with Crippen molar-refractivity contribution >= 4 is 12.6 Å². The summed E-state index contributed by atoms with van der Waals surface area (Å²) in [6.45, 7) is 4.92. The molecular weight excluding hydrogens is 208 g/mol. The first-order valence-electron chi connectivity index (χ1n) is 5.30. The van der Waals surface area contributed by atoms with Crippen molar-refractivity contribution in [3.05, 3.63) is 28.7 Å². The van der Waals surface area contributed by atoms with Crippen molar-refractivity contribution < 1.29 is 0 Å². The molecule has 0 radical (unpaired) electrons. The highest BCUT2D eigenvalue weighted by Gasteiger charge is 2.25. The number of thiol groups is 1. The van der Waals surface area contributed by atoms with Gasteiger partial charge in [-0.05, 0) is 30.1 Å². The third-order valence-electron chi connectivity index (χ3n) is 3.11. The van der Waals surface area contributed by atoms with E-state index in [0.717, 1.165) is 18.6 Å². The van der Waals surface area contributed by atoms with Crippen molar-refractivity contribution in [1.29, 1.82) is 0 Å². The van der Waals surface area contributed by atoms with E-state index in [0.29, 0.717) is 6.54 Å². The summed E-state index contributed by atoms with van der Waals surface area (Å²) in [4.78, 5) is 11.5. The molecule has 4 heteroatoms. The molecule has 0 spiro atoms. The van der Waals surface area contributed by atoms with Gasteiger partial charge < -0.3 is 0 Å². The predicted molar refractivity (Wildman–Crippen MR) is 65.4 cm³/mol. The molecule has 0 N–H and O–H groups in total. The molecule has 0 aromatic carbocycles. The highest BCUT2D eigenvalue weighted by molar-refractivity contribution is 7.80. The summed E-state index contributed by atoms with van der Waals surface area (Å²) in [6, 6.07) is 3.21. The van der Waals surface area contributed by atoms with Gasteiger partial charge in [-0.15, -0.1) is 0 Å². The quantitative estimate of drug-likeness (QED) is 0.779. The molecule has 15 heavy (non-hydrogen) atoms. The summed E-state index contributed by atoms with van der Waals surface area (Å²) >= 11 is 4.38. The SMILES string of the molecule is CCC(CC)(CS)Cn1ncccc1=O. The van der Waals surface area contributed by atoms with Gasteiger partial charge in [0.25, 0.3) is 5.56 Å². The zero-order valence-electron chi connectivity index (χ0n) is 9.31. The van der Waals surface area contributed by atoms with E-state index in [1.54, 1.807) is 18.3 Å². The van der Waals surface area contributed by atoms with Crippen molar-refractivity contribution in [2.24, 2.45) is 5.41 Å². The topological polar surface area (TPSA) is 34.9 Å². The van der Waals surface area contributed by atoms with Crippen molar-refractivity contribution in [2.45, 2.75) is 33.2 Å². The zero-order valence-corrected chi connectivity index (χ0v) is 10.2. The highest BCUT2D eigenvalue weighted by Crippen LogP contribution is 2.28. The van der Waals surface area contributed by atoms with Crippen molar-refractivity contribution in [1.82, 2.24) is 9.78 Å². The van der Waals surface area contributed by atoms with Crippen molar-refractivity contribution in [3.8, 4) is 0 Å². The molecular formula is C11H18N2OS. The highest BCUT2D eigenvalue weighted by atomic mass is 32.1. The Labute approximate surface area is 95.9 Å². The van der Waals surface area contributed by atoms with Crippen LogP contribution in [0.15, 0.2) is 23.1 Å². The Morgan fingerprint density at radius 3 is 2.60 bits per heavy atom. The van der Waals surface area contributed by atoms with Crippen LogP contribution in [0.4, 0.5) is 0 Å². The van der Waals surface area contributed by atoms with Gasteiger partial charge in [-0.25, -0.2) is 4.68 Å². The minimum absolute atomic E-state index is 0.0365. The molecule has 0 fully saturated rings. The molecule has 0 amide bonds. The third kappa shape index (κ3) is 2.84. The van der Waals surface area contributed by atoms with E-state index >= 15 is 0 Å². The fraction of sp³-hybridized carbons (Fsp3) is 0.636. The summed E-state index contributed by atoms with van der Waals surface area (Å²) in [5, 5.41) is 4.08. The molecule has 3 nitrogen and oxygen atoms in total. The summed E-state index contributed by atoms with van der Waals surface area (Å²) < 4.78 is 1.53. The maximum Gasteiger partial charge on any atom is 0.266 e. The standard InChI is InChI=1S/C11H18N2OS/c1-3-11(4-2,9-15)8-13-10(14)6-5-7-12-13/h5-7,15H,3-4,8-9H2,1-2H3. The lowest BCUT2D eigenvalue weighted by Gasteiger charge is -2.29. The number of hydrogen-bond donors (Lipinski definition) is 1. The Morgan fingerprint density at radius 1 is 1.47 bits per heavy atom. The Hall–Kier alpha value is -0.770. The van der Waals surface area contributed by atoms with Gasteiger partial charge in [-0.2, -0.15) is 17.7 Å². The number of hydrogen-bond acceptors (Lipinski definition) is 3. The van der Waals surface area contributed by atoms with Crippen LogP contribution in [0.2, 0.25) is 0 Å². The second kappa shape index (κ2) is 5.35. The van der Waals surface area contributed by atoms with Gasteiger partial charge in [-0.3, -0.25) is 4.79 Å². The van der Waals surface area contributed by atoms with Crippen LogP contribution in [-0.4, -0.2) is 15.5 Å². The van der Waals surface area contributed by atoms with Gasteiger partial charge in [0.15, 0.2) is 0 Å². The third-order valence-corrected chi connectivity index (χ3v) is 3.78. The average molecular weight is 226 g/mol. The van der Waals surface area contributed by atoms with Crippen LogP contribution in [0.3, 0.4) is 0 Å². The molecule has 0 saturated carbocycles. The average Bonchev–Trinajstić information content (AvgIpc) is 2.29. The Balaban J connectivity index is 2.93. The van der Waals surface area contributed by atoms with Crippen LogP contribution >= 0.6 is 12.6 Å². The summed E-state index contributed by atoms with van der Waals surface area (Å²) in [5.41, 5.74) is 0.0481. The van der Waals surface area contributed by atoms with Crippen molar-refractivity contribution in [2.75, 3.05) is 5.75 Å². The molecule has 0 aliphatic heterocycles. The van der Waals surface area contributed by atoms with Crippen molar-refractivity contribution in [3.63, 3.8) is 0 Å². The lowest BCUT2D eigenvalue weighted by atomic mass is 9.84. The molecule has 0 aliphatic carbocycles. The van der Waals surface area contributed by atoms with E-state index < -0.39 is 0 Å². The summed E-state index contributed by atoms with van der Waals surface area (Å²) in [6.07, 6.45) is 3.67. The van der Waals surface area contributed by atoms with Gasteiger partial charge in [0.1, 0.15) is 0 Å². The Morgan fingerprint density at radius 2 is 2.13 bits per heavy atom. The minimum Gasteiger partial charge on any atom is -0.268 e. The fourth-order valence-corrected chi connectivity index (χ4v) is 2.12. The van der Waals surface area contributed by atoms with E-state index in [1.165, 1.54) is 4.68 Å². The molecule has 1 heterocycles. The van der Waals surface area contributed by atoms with E-state index in [9.17, 15) is 4.79 Å². The van der Waals surface area contributed by atoms with Gasteiger partial charge in [0.2, 0.25) is 0 Å². The summed E-state index contributed by atoms with van der Waals surface area (Å²) in [5.74, 6) is 0.781. The number of aromatic nitrogens is 2. The van der Waals surface area contributed by atoms with E-state index in [1.807, 2.05) is 0 Å². The molecule has 0 unspecified atom stereocenters. The minimum atomic E-state index is -0.0365. The second-order valence-corrected chi connectivity index (χ2v) is 4.20. The first kappa shape index (κ1) is 12.3. The van der Waals surface area contributed by atoms with Gasteiger partial charge in [0, 0.05) is 12.3 Å². The molecule has 0 bridgehead atoms. The van der Waals surface area contributed by atoms with Crippen LogP contribution in [0.25, 0.3) is 0 Å². The maximum absolute atomic E-state index is 11.5. The first-order valence-corrected chi connectivity index (χ1v) is 5.93. The largest absolute Gasteiger partial charge is 0.268 e. The molecule has 0 saturated heterocycles. The van der Waals surface area contributed by atoms with E-state index in [2.05, 4.69) is 31.6 Å². The monoisotopic (exact) mass is 226 g/mol. The molecule has 84 valence electrons. The van der Waals surface area contributed by atoms with Crippen LogP contribution in [-0.2, 0) is 6.54 Å². The maximum atomic E-state index is 11.5. The molecule has 1 aromatic heterocycles. The van der Waals surface area contributed by atoms with Gasteiger partial charge >= 0.3 is 0 Å². The number of rotatable bonds is 5. The fourth-order valence-electron chi connectivity index (χ4n) is 1.57. The normalized spacial score (nSPS) is 11.7. The molecule has 1 rings (SSSR count). The van der Waals surface area contributed by atoms with E-state index in [-0.39, 0.29) is 11.0 Å². The molecule has 0 aliphatic rings. The second-order valence-electron chi connectivity index (χ2n) is 3.88.